The van der Waals surface area contributed by atoms with Gasteiger partial charge < -0.3 is 20.2 Å². The molecule has 3 rings (SSSR count). The Morgan fingerprint density at radius 2 is 2.33 bits per heavy atom. The molecule has 0 aromatic heterocycles. The highest BCUT2D eigenvalue weighted by Gasteiger charge is 2.37. The molecule has 3 N–H and O–H groups in total. The Hall–Kier alpha value is -1.20. The van der Waals surface area contributed by atoms with Crippen LogP contribution < -0.4 is 20.7 Å². The van der Waals surface area contributed by atoms with E-state index < -0.39 is 6.92 Å². The van der Waals surface area contributed by atoms with Gasteiger partial charge >= 0.3 is 6.92 Å². The van der Waals surface area contributed by atoms with Crippen LogP contribution in [0.4, 0.5) is 0 Å². The van der Waals surface area contributed by atoms with Gasteiger partial charge in [0.15, 0.2) is 11.5 Å². The monoisotopic (exact) mass is 205 g/mol. The quantitative estimate of drug-likeness (QED) is 0.615. The summed E-state index contributed by atoms with van der Waals surface area (Å²) in [5.41, 5.74) is 7.68. The number of rotatable bonds is 1. The number of ether oxygens (including phenoxy) is 2. The molecule has 0 saturated carbocycles. The molecule has 0 aliphatic carbocycles. The second-order valence-electron chi connectivity index (χ2n) is 3.99. The van der Waals surface area contributed by atoms with Gasteiger partial charge in [0.25, 0.3) is 0 Å². The van der Waals surface area contributed by atoms with Gasteiger partial charge in [-0.05, 0) is 35.9 Å². The molecule has 0 fully saturated rings. The van der Waals surface area contributed by atoms with Gasteiger partial charge in [0.1, 0.15) is 0 Å². The predicted octanol–water partition coefficient (Wildman–Crippen LogP) is -0.338. The van der Waals surface area contributed by atoms with Crippen LogP contribution in [0.5, 0.6) is 11.5 Å². The second-order valence-corrected chi connectivity index (χ2v) is 3.99. The Morgan fingerprint density at radius 1 is 1.47 bits per heavy atom. The van der Waals surface area contributed by atoms with Crippen molar-refractivity contribution >= 4 is 12.4 Å². The number of nitrogens with two attached hydrogens (primary N) is 1. The molecule has 15 heavy (non-hydrogen) atoms. The number of hydrogen-bond donors (Lipinski definition) is 2. The van der Waals surface area contributed by atoms with Gasteiger partial charge in [0.2, 0.25) is 6.79 Å². The third-order valence-electron chi connectivity index (χ3n) is 3.17. The van der Waals surface area contributed by atoms with Gasteiger partial charge in [-0.3, -0.25) is 0 Å². The maximum atomic E-state index is 9.86. The number of fused-ring (bicyclic) bond motifs is 3. The van der Waals surface area contributed by atoms with E-state index in [1.54, 1.807) is 0 Å². The molecular formula is C10H12BNO3. The van der Waals surface area contributed by atoms with Gasteiger partial charge in [-0.25, -0.2) is 0 Å². The lowest BCUT2D eigenvalue weighted by atomic mass is 9.62. The molecule has 78 valence electrons. The molecule has 0 bridgehead atoms. The zero-order valence-electron chi connectivity index (χ0n) is 8.27. The molecule has 0 spiro atoms. The third-order valence-corrected chi connectivity index (χ3v) is 3.17. The normalized spacial score (nSPS) is 22.0. The maximum Gasteiger partial charge on any atom is 0.324 e. The van der Waals surface area contributed by atoms with Crippen LogP contribution in [-0.2, 0) is 0 Å². The van der Waals surface area contributed by atoms with Gasteiger partial charge in [-0.15, -0.1) is 0 Å². The summed E-state index contributed by atoms with van der Waals surface area (Å²) in [6.07, 6.45) is 0.686. The van der Waals surface area contributed by atoms with Crippen LogP contribution in [0, 0.1) is 0 Å². The lowest BCUT2D eigenvalue weighted by Gasteiger charge is -2.10. The van der Waals surface area contributed by atoms with Gasteiger partial charge in [0, 0.05) is 0 Å². The summed E-state index contributed by atoms with van der Waals surface area (Å²) < 4.78 is 10.7. The topological polar surface area (TPSA) is 64.7 Å². The molecule has 1 unspecified atom stereocenters. The van der Waals surface area contributed by atoms with Crippen molar-refractivity contribution in [1.82, 2.24) is 0 Å². The molecule has 1 aromatic carbocycles. The van der Waals surface area contributed by atoms with Crippen LogP contribution in [0.25, 0.3) is 0 Å². The lowest BCUT2D eigenvalue weighted by Crippen LogP contribution is -2.25. The Balaban J connectivity index is 2.18. The molecule has 0 amide bonds. The minimum Gasteiger partial charge on any atom is -0.454 e. The molecular weight excluding hydrogens is 193 g/mol. The average Bonchev–Trinajstić information content (AvgIpc) is 2.81. The highest BCUT2D eigenvalue weighted by molar-refractivity contribution is 6.68. The van der Waals surface area contributed by atoms with Crippen molar-refractivity contribution in [2.75, 3.05) is 13.3 Å². The molecule has 1 aromatic rings. The van der Waals surface area contributed by atoms with E-state index in [-0.39, 0.29) is 12.7 Å². The fraction of sp³-hybridized carbons (Fsp3) is 0.400. The van der Waals surface area contributed by atoms with Crippen molar-refractivity contribution in [2.45, 2.75) is 12.2 Å². The van der Waals surface area contributed by atoms with Crippen molar-refractivity contribution < 1.29 is 14.5 Å². The zero-order valence-corrected chi connectivity index (χ0v) is 8.27. The molecule has 4 nitrogen and oxygen atoms in total. The van der Waals surface area contributed by atoms with Crippen LogP contribution in [-0.4, -0.2) is 25.3 Å². The summed E-state index contributed by atoms with van der Waals surface area (Å²) in [5, 5.41) is 9.86. The van der Waals surface area contributed by atoms with Crippen molar-refractivity contribution in [3.05, 3.63) is 17.7 Å². The third kappa shape index (κ3) is 1.17. The summed E-state index contributed by atoms with van der Waals surface area (Å²) >= 11 is 0. The predicted molar refractivity (Wildman–Crippen MR) is 56.8 cm³/mol. The van der Waals surface area contributed by atoms with Crippen LogP contribution in [0.1, 0.15) is 11.5 Å². The van der Waals surface area contributed by atoms with Gasteiger partial charge in [-0.2, -0.15) is 0 Å². The molecule has 5 heteroatoms. The van der Waals surface area contributed by atoms with E-state index in [9.17, 15) is 5.02 Å². The molecule has 1 atom stereocenters. The van der Waals surface area contributed by atoms with E-state index >= 15 is 0 Å². The van der Waals surface area contributed by atoms with E-state index in [1.165, 1.54) is 0 Å². The first-order valence-electron chi connectivity index (χ1n) is 5.11. The minimum atomic E-state index is -0.414. The smallest absolute Gasteiger partial charge is 0.324 e. The van der Waals surface area contributed by atoms with Gasteiger partial charge in [0.05, 0.1) is 0 Å². The average molecular weight is 205 g/mol. The first-order chi connectivity index (χ1) is 7.31. The fourth-order valence-corrected chi connectivity index (χ4v) is 2.45. The first kappa shape index (κ1) is 9.06. The van der Waals surface area contributed by atoms with Crippen molar-refractivity contribution in [1.29, 1.82) is 0 Å². The van der Waals surface area contributed by atoms with E-state index in [4.69, 9.17) is 15.2 Å². The second kappa shape index (κ2) is 3.15. The fourth-order valence-electron chi connectivity index (χ4n) is 2.45. The maximum absolute atomic E-state index is 9.86. The van der Waals surface area contributed by atoms with E-state index in [0.29, 0.717) is 12.9 Å². The largest absolute Gasteiger partial charge is 0.454 e. The first-order valence-corrected chi connectivity index (χ1v) is 5.11. The SMILES string of the molecule is NCC1CB(O)c2ccc3c(c21)OCO3. The summed E-state index contributed by atoms with van der Waals surface area (Å²) in [6.45, 7) is 0.381. The van der Waals surface area contributed by atoms with Crippen molar-refractivity contribution in [3.63, 3.8) is 0 Å². The number of benzene rings is 1. The van der Waals surface area contributed by atoms with Crippen LogP contribution in [0.3, 0.4) is 0 Å². The zero-order chi connectivity index (χ0) is 10.4. The molecule has 2 heterocycles. The Bertz CT molecular complexity index is 410. The van der Waals surface area contributed by atoms with E-state index in [2.05, 4.69) is 0 Å². The molecule has 2 aliphatic heterocycles. The van der Waals surface area contributed by atoms with Crippen LogP contribution in [0.15, 0.2) is 12.1 Å². The lowest BCUT2D eigenvalue weighted by molar-refractivity contribution is 0.173. The molecule has 2 aliphatic rings. The molecule has 0 saturated heterocycles. The Morgan fingerprint density at radius 3 is 3.13 bits per heavy atom. The molecule has 0 radical (unpaired) electrons. The van der Waals surface area contributed by atoms with Gasteiger partial charge in [-0.1, -0.05) is 6.07 Å². The van der Waals surface area contributed by atoms with Crippen molar-refractivity contribution in [2.24, 2.45) is 5.73 Å². The number of hydrogen-bond acceptors (Lipinski definition) is 4. The van der Waals surface area contributed by atoms with E-state index in [1.807, 2.05) is 12.1 Å². The van der Waals surface area contributed by atoms with E-state index in [0.717, 1.165) is 22.5 Å². The minimum absolute atomic E-state index is 0.187. The Labute approximate surface area is 88.1 Å². The van der Waals surface area contributed by atoms with Crippen LogP contribution in [0.2, 0.25) is 6.32 Å². The summed E-state index contributed by atoms with van der Waals surface area (Å²) in [5.74, 6) is 1.73. The van der Waals surface area contributed by atoms with Crippen LogP contribution >= 0.6 is 0 Å². The highest BCUT2D eigenvalue weighted by Crippen LogP contribution is 2.42. The Kier molecular flexibility index (Phi) is 1.90. The summed E-state index contributed by atoms with van der Waals surface area (Å²) in [6, 6.07) is 3.76. The standard InChI is InChI=1S/C10H12BNO3/c12-4-6-3-11(13)7-1-2-8-10(9(6)7)15-5-14-8/h1-2,6,13H,3-5,12H2. The highest BCUT2D eigenvalue weighted by atomic mass is 16.7. The summed E-state index contributed by atoms with van der Waals surface area (Å²) in [4.78, 5) is 0. The summed E-state index contributed by atoms with van der Waals surface area (Å²) in [7, 11) is 0. The van der Waals surface area contributed by atoms with Crippen molar-refractivity contribution in [3.8, 4) is 11.5 Å².